The molecule has 1 heterocycles. The van der Waals surface area contributed by atoms with E-state index in [4.69, 9.17) is 9.47 Å². The van der Waals surface area contributed by atoms with Crippen LogP contribution in [0.15, 0.2) is 12.1 Å². The van der Waals surface area contributed by atoms with E-state index in [1.54, 1.807) is 7.11 Å². The molecule has 0 aromatic carbocycles. The molecule has 0 fully saturated rings. The standard InChI is InChI=1S/C14H25N3O2/c1-12-9-14(18-4)10-13(16-12)11-15-5-7-19-8-6-17(2)3/h9-10,15H,5-8,11H2,1-4H3. The van der Waals surface area contributed by atoms with Gasteiger partial charge in [-0.3, -0.25) is 4.98 Å². The number of hydrogen-bond acceptors (Lipinski definition) is 5. The van der Waals surface area contributed by atoms with Gasteiger partial charge in [-0.05, 0) is 21.0 Å². The normalized spacial score (nSPS) is 11.0. The van der Waals surface area contributed by atoms with Crippen LogP contribution in [0.5, 0.6) is 5.75 Å². The monoisotopic (exact) mass is 267 g/mol. The Morgan fingerprint density at radius 3 is 2.74 bits per heavy atom. The van der Waals surface area contributed by atoms with Gasteiger partial charge in [0.05, 0.1) is 26.0 Å². The van der Waals surface area contributed by atoms with Crippen LogP contribution in [0.1, 0.15) is 11.4 Å². The molecule has 19 heavy (non-hydrogen) atoms. The number of likely N-dealkylation sites (N-methyl/N-ethyl adjacent to an activating group) is 1. The highest BCUT2D eigenvalue weighted by molar-refractivity contribution is 5.26. The predicted octanol–water partition coefficient (Wildman–Crippen LogP) is 1.07. The van der Waals surface area contributed by atoms with Gasteiger partial charge in [-0.2, -0.15) is 0 Å². The number of hydrogen-bond donors (Lipinski definition) is 1. The first-order valence-electron chi connectivity index (χ1n) is 6.56. The van der Waals surface area contributed by atoms with Gasteiger partial charge in [0.25, 0.3) is 0 Å². The topological polar surface area (TPSA) is 46.6 Å². The van der Waals surface area contributed by atoms with Crippen LogP contribution >= 0.6 is 0 Å². The van der Waals surface area contributed by atoms with Crippen molar-refractivity contribution in [1.82, 2.24) is 15.2 Å². The van der Waals surface area contributed by atoms with Gasteiger partial charge in [0.2, 0.25) is 0 Å². The lowest BCUT2D eigenvalue weighted by molar-refractivity contribution is 0.119. The van der Waals surface area contributed by atoms with E-state index in [2.05, 4.69) is 15.2 Å². The molecule has 0 saturated heterocycles. The van der Waals surface area contributed by atoms with Crippen LogP contribution in [0, 0.1) is 6.92 Å². The van der Waals surface area contributed by atoms with Crippen molar-refractivity contribution >= 4 is 0 Å². The third-order valence-electron chi connectivity index (χ3n) is 2.63. The zero-order valence-electron chi connectivity index (χ0n) is 12.4. The van der Waals surface area contributed by atoms with E-state index in [0.717, 1.165) is 50.0 Å². The largest absolute Gasteiger partial charge is 0.497 e. The molecule has 1 rings (SSSR count). The number of ether oxygens (including phenoxy) is 2. The number of nitrogens with zero attached hydrogens (tertiary/aromatic N) is 2. The van der Waals surface area contributed by atoms with Gasteiger partial charge in [0.15, 0.2) is 0 Å². The van der Waals surface area contributed by atoms with Crippen molar-refractivity contribution in [2.24, 2.45) is 0 Å². The summed E-state index contributed by atoms with van der Waals surface area (Å²) in [6.07, 6.45) is 0. The van der Waals surface area contributed by atoms with Gasteiger partial charge < -0.3 is 19.7 Å². The first kappa shape index (κ1) is 15.9. The molecule has 5 nitrogen and oxygen atoms in total. The molecule has 0 aliphatic carbocycles. The van der Waals surface area contributed by atoms with E-state index >= 15 is 0 Å². The van der Waals surface area contributed by atoms with Crippen molar-refractivity contribution in [3.8, 4) is 5.75 Å². The molecule has 1 aromatic heterocycles. The van der Waals surface area contributed by atoms with Gasteiger partial charge in [0.1, 0.15) is 5.75 Å². The maximum Gasteiger partial charge on any atom is 0.122 e. The summed E-state index contributed by atoms with van der Waals surface area (Å²) in [6.45, 7) is 5.97. The highest BCUT2D eigenvalue weighted by Gasteiger charge is 2.00. The summed E-state index contributed by atoms with van der Waals surface area (Å²) in [5.74, 6) is 0.853. The van der Waals surface area contributed by atoms with Gasteiger partial charge in [0, 0.05) is 37.5 Å². The second-order valence-electron chi connectivity index (χ2n) is 4.73. The Hall–Kier alpha value is -1.17. The second kappa shape index (κ2) is 8.85. The van der Waals surface area contributed by atoms with Crippen LogP contribution in [-0.4, -0.2) is 57.4 Å². The predicted molar refractivity (Wildman–Crippen MR) is 76.6 cm³/mol. The van der Waals surface area contributed by atoms with Crippen molar-refractivity contribution in [1.29, 1.82) is 0 Å². The number of aromatic nitrogens is 1. The molecule has 1 N–H and O–H groups in total. The molecule has 0 bridgehead atoms. The van der Waals surface area contributed by atoms with Crippen LogP contribution in [0.2, 0.25) is 0 Å². The Balaban J connectivity index is 2.17. The molecule has 0 aliphatic heterocycles. The first-order valence-corrected chi connectivity index (χ1v) is 6.56. The van der Waals surface area contributed by atoms with Crippen molar-refractivity contribution in [3.05, 3.63) is 23.5 Å². The SMILES string of the molecule is COc1cc(C)nc(CNCCOCCN(C)C)c1. The van der Waals surface area contributed by atoms with E-state index in [-0.39, 0.29) is 0 Å². The van der Waals surface area contributed by atoms with E-state index in [9.17, 15) is 0 Å². The van der Waals surface area contributed by atoms with Crippen LogP contribution in [0.3, 0.4) is 0 Å². The summed E-state index contributed by atoms with van der Waals surface area (Å²) in [6, 6.07) is 3.88. The quantitative estimate of drug-likeness (QED) is 0.678. The molecule has 108 valence electrons. The Morgan fingerprint density at radius 2 is 2.05 bits per heavy atom. The van der Waals surface area contributed by atoms with Crippen molar-refractivity contribution in [3.63, 3.8) is 0 Å². The van der Waals surface area contributed by atoms with Crippen LogP contribution in [0.25, 0.3) is 0 Å². The highest BCUT2D eigenvalue weighted by Crippen LogP contribution is 2.12. The summed E-state index contributed by atoms with van der Waals surface area (Å²) in [5.41, 5.74) is 1.96. The number of rotatable bonds is 9. The first-order chi connectivity index (χ1) is 9.11. The Bertz CT molecular complexity index is 370. The fraction of sp³-hybridized carbons (Fsp3) is 0.643. The molecule has 0 amide bonds. The van der Waals surface area contributed by atoms with E-state index in [1.807, 2.05) is 33.2 Å². The van der Waals surface area contributed by atoms with Crippen LogP contribution in [-0.2, 0) is 11.3 Å². The smallest absolute Gasteiger partial charge is 0.122 e. The summed E-state index contributed by atoms with van der Waals surface area (Å²) in [4.78, 5) is 6.56. The van der Waals surface area contributed by atoms with Gasteiger partial charge in [-0.25, -0.2) is 0 Å². The molecule has 0 saturated carbocycles. The zero-order valence-corrected chi connectivity index (χ0v) is 12.4. The number of aryl methyl sites for hydroxylation is 1. The molecule has 0 atom stereocenters. The summed E-state index contributed by atoms with van der Waals surface area (Å²) in [7, 11) is 5.75. The van der Waals surface area contributed by atoms with Crippen molar-refractivity contribution < 1.29 is 9.47 Å². The highest BCUT2D eigenvalue weighted by atomic mass is 16.5. The zero-order chi connectivity index (χ0) is 14.1. The molecule has 0 aliphatic rings. The van der Waals surface area contributed by atoms with Crippen LogP contribution in [0.4, 0.5) is 0 Å². The third-order valence-corrected chi connectivity index (χ3v) is 2.63. The fourth-order valence-electron chi connectivity index (χ4n) is 1.62. The Kier molecular flexibility index (Phi) is 7.40. The maximum absolute atomic E-state index is 5.50. The average molecular weight is 267 g/mol. The minimum atomic E-state index is 0.719. The number of nitrogens with one attached hydrogen (secondary N) is 1. The van der Waals surface area contributed by atoms with Crippen molar-refractivity contribution in [2.45, 2.75) is 13.5 Å². The molecule has 1 aromatic rings. The molecule has 0 spiro atoms. The number of pyridine rings is 1. The maximum atomic E-state index is 5.50. The lowest BCUT2D eigenvalue weighted by atomic mass is 10.3. The number of methoxy groups -OCH3 is 1. The van der Waals surface area contributed by atoms with E-state index in [1.165, 1.54) is 0 Å². The second-order valence-corrected chi connectivity index (χ2v) is 4.73. The Morgan fingerprint density at radius 1 is 1.26 bits per heavy atom. The fourth-order valence-corrected chi connectivity index (χ4v) is 1.62. The molecule has 0 radical (unpaired) electrons. The lowest BCUT2D eigenvalue weighted by Crippen LogP contribution is -2.23. The Labute approximate surface area is 115 Å². The minimum Gasteiger partial charge on any atom is -0.497 e. The van der Waals surface area contributed by atoms with Gasteiger partial charge >= 0.3 is 0 Å². The average Bonchev–Trinajstić information content (AvgIpc) is 2.36. The lowest BCUT2D eigenvalue weighted by Gasteiger charge is -2.10. The molecule has 0 unspecified atom stereocenters. The van der Waals surface area contributed by atoms with E-state index < -0.39 is 0 Å². The molecular formula is C14H25N3O2. The van der Waals surface area contributed by atoms with E-state index in [0.29, 0.717) is 0 Å². The van der Waals surface area contributed by atoms with Gasteiger partial charge in [-0.1, -0.05) is 0 Å². The van der Waals surface area contributed by atoms with Crippen LogP contribution < -0.4 is 10.1 Å². The molecular weight excluding hydrogens is 242 g/mol. The summed E-state index contributed by atoms with van der Waals surface area (Å²) >= 11 is 0. The third kappa shape index (κ3) is 7.10. The summed E-state index contributed by atoms with van der Waals surface area (Å²) in [5, 5.41) is 3.31. The van der Waals surface area contributed by atoms with Crippen molar-refractivity contribution in [2.75, 3.05) is 47.5 Å². The molecule has 5 heteroatoms. The minimum absolute atomic E-state index is 0.719. The van der Waals surface area contributed by atoms with Gasteiger partial charge in [-0.15, -0.1) is 0 Å². The summed E-state index contributed by atoms with van der Waals surface area (Å²) < 4.78 is 10.7.